The standard InChI is InChI=1S/C23H25ClN2O4/c1-28-21-10-17(14-27)18(12-19(21)24)20-13-26-7-4-16(11-22(26)25-20)15-2-5-23(6-3-15)29-8-9-30-23/h4,7,10-13,15,27H,2-3,5-6,8-9,14H2,1H3. The van der Waals surface area contributed by atoms with E-state index in [0.717, 1.165) is 48.2 Å². The van der Waals surface area contributed by atoms with Crippen LogP contribution in [0.1, 0.15) is 42.7 Å². The Hall–Kier alpha value is -2.12. The number of ether oxygens (including phenoxy) is 3. The van der Waals surface area contributed by atoms with Gasteiger partial charge in [0.05, 0.1) is 37.6 Å². The van der Waals surface area contributed by atoms with Crippen LogP contribution in [-0.4, -0.2) is 40.6 Å². The number of halogens is 1. The number of aliphatic hydroxyl groups excluding tert-OH is 1. The highest BCUT2D eigenvalue weighted by Gasteiger charge is 2.40. The van der Waals surface area contributed by atoms with Gasteiger partial charge < -0.3 is 23.7 Å². The third kappa shape index (κ3) is 3.48. The predicted octanol–water partition coefficient (Wildman–Crippen LogP) is 4.56. The van der Waals surface area contributed by atoms with Crippen LogP contribution in [0.5, 0.6) is 5.75 Å². The zero-order chi connectivity index (χ0) is 20.7. The Bertz CT molecular complexity index is 1060. The molecule has 158 valence electrons. The number of aromatic nitrogens is 2. The maximum atomic E-state index is 9.81. The molecule has 0 bridgehead atoms. The van der Waals surface area contributed by atoms with E-state index >= 15 is 0 Å². The van der Waals surface area contributed by atoms with Crippen molar-refractivity contribution < 1.29 is 19.3 Å². The highest BCUT2D eigenvalue weighted by atomic mass is 35.5. The second-order valence-electron chi connectivity index (χ2n) is 8.04. The van der Waals surface area contributed by atoms with Gasteiger partial charge in [0.1, 0.15) is 11.4 Å². The normalized spacial score (nSPS) is 19.0. The third-order valence-corrected chi connectivity index (χ3v) is 6.64. The minimum absolute atomic E-state index is 0.115. The monoisotopic (exact) mass is 428 g/mol. The molecule has 0 unspecified atom stereocenters. The molecular formula is C23H25ClN2O4. The maximum absolute atomic E-state index is 9.81. The van der Waals surface area contributed by atoms with Crippen molar-refractivity contribution in [2.24, 2.45) is 0 Å². The minimum Gasteiger partial charge on any atom is -0.495 e. The van der Waals surface area contributed by atoms with Gasteiger partial charge in [-0.05, 0) is 54.2 Å². The average molecular weight is 429 g/mol. The number of benzene rings is 1. The van der Waals surface area contributed by atoms with Crippen LogP contribution in [0.3, 0.4) is 0 Å². The molecule has 1 aliphatic carbocycles. The smallest absolute Gasteiger partial charge is 0.168 e. The van der Waals surface area contributed by atoms with E-state index in [2.05, 4.69) is 18.3 Å². The molecule has 30 heavy (non-hydrogen) atoms. The molecule has 0 radical (unpaired) electrons. The molecule has 6 nitrogen and oxygen atoms in total. The van der Waals surface area contributed by atoms with E-state index in [0.29, 0.717) is 29.9 Å². The van der Waals surface area contributed by atoms with Gasteiger partial charge >= 0.3 is 0 Å². The topological polar surface area (TPSA) is 65.2 Å². The number of imidazole rings is 1. The van der Waals surface area contributed by atoms with E-state index in [1.54, 1.807) is 19.2 Å². The van der Waals surface area contributed by atoms with Gasteiger partial charge in [-0.25, -0.2) is 4.98 Å². The number of fused-ring (bicyclic) bond motifs is 1. The predicted molar refractivity (Wildman–Crippen MR) is 114 cm³/mol. The summed E-state index contributed by atoms with van der Waals surface area (Å²) in [6.45, 7) is 1.30. The molecule has 1 saturated carbocycles. The molecule has 3 aromatic rings. The second kappa shape index (κ2) is 7.85. The molecule has 3 heterocycles. The van der Waals surface area contributed by atoms with E-state index in [-0.39, 0.29) is 12.4 Å². The van der Waals surface area contributed by atoms with Gasteiger partial charge in [0.15, 0.2) is 5.79 Å². The Balaban J connectivity index is 1.43. The van der Waals surface area contributed by atoms with E-state index in [1.807, 2.05) is 10.6 Å². The van der Waals surface area contributed by atoms with Crippen LogP contribution >= 0.6 is 11.6 Å². The van der Waals surface area contributed by atoms with Crippen LogP contribution in [0.15, 0.2) is 36.7 Å². The average Bonchev–Trinajstić information content (AvgIpc) is 3.40. The minimum atomic E-state index is -0.338. The Morgan fingerprint density at radius 1 is 1.23 bits per heavy atom. The molecule has 1 spiro atoms. The van der Waals surface area contributed by atoms with Crippen molar-refractivity contribution in [2.45, 2.75) is 44.0 Å². The lowest BCUT2D eigenvalue weighted by Gasteiger charge is -2.35. The number of pyridine rings is 1. The fraction of sp³-hybridized carbons (Fsp3) is 0.435. The molecule has 0 amide bonds. The summed E-state index contributed by atoms with van der Waals surface area (Å²) in [5.41, 5.74) is 4.49. The lowest BCUT2D eigenvalue weighted by Crippen LogP contribution is -2.34. The highest BCUT2D eigenvalue weighted by Crippen LogP contribution is 2.42. The quantitative estimate of drug-likeness (QED) is 0.660. The van der Waals surface area contributed by atoms with Gasteiger partial charge in [-0.3, -0.25) is 0 Å². The van der Waals surface area contributed by atoms with Crippen LogP contribution in [-0.2, 0) is 16.1 Å². The Kier molecular flexibility index (Phi) is 5.19. The summed E-state index contributed by atoms with van der Waals surface area (Å²) in [7, 11) is 1.56. The van der Waals surface area contributed by atoms with Crippen molar-refractivity contribution >= 4 is 17.2 Å². The lowest BCUT2D eigenvalue weighted by molar-refractivity contribution is -0.178. The maximum Gasteiger partial charge on any atom is 0.168 e. The highest BCUT2D eigenvalue weighted by molar-refractivity contribution is 6.32. The first-order valence-corrected chi connectivity index (χ1v) is 10.7. The van der Waals surface area contributed by atoms with Gasteiger partial charge in [0, 0.05) is 30.8 Å². The summed E-state index contributed by atoms with van der Waals surface area (Å²) in [4.78, 5) is 4.82. The molecule has 0 atom stereocenters. The summed E-state index contributed by atoms with van der Waals surface area (Å²) in [5.74, 6) is 0.688. The number of methoxy groups -OCH3 is 1. The van der Waals surface area contributed by atoms with Gasteiger partial charge in [0.25, 0.3) is 0 Å². The Morgan fingerprint density at radius 3 is 2.70 bits per heavy atom. The van der Waals surface area contributed by atoms with Crippen molar-refractivity contribution in [2.75, 3.05) is 20.3 Å². The van der Waals surface area contributed by atoms with E-state index in [1.165, 1.54) is 5.56 Å². The molecule has 7 heteroatoms. The summed E-state index contributed by atoms with van der Waals surface area (Å²) >= 11 is 6.32. The fourth-order valence-electron chi connectivity index (χ4n) is 4.68. The van der Waals surface area contributed by atoms with Crippen LogP contribution in [0.25, 0.3) is 16.9 Å². The number of aliphatic hydroxyl groups is 1. The molecule has 5 rings (SSSR count). The molecule has 2 aliphatic rings. The van der Waals surface area contributed by atoms with Crippen molar-refractivity contribution in [3.8, 4) is 17.0 Å². The van der Waals surface area contributed by atoms with Gasteiger partial charge in [-0.15, -0.1) is 0 Å². The number of hydrogen-bond acceptors (Lipinski definition) is 5. The second-order valence-corrected chi connectivity index (χ2v) is 8.44. The fourth-order valence-corrected chi connectivity index (χ4v) is 4.92. The van der Waals surface area contributed by atoms with E-state index in [4.69, 9.17) is 30.8 Å². The van der Waals surface area contributed by atoms with Gasteiger partial charge in [-0.1, -0.05) is 11.6 Å². The van der Waals surface area contributed by atoms with Crippen LogP contribution in [0, 0.1) is 0 Å². The molecule has 1 saturated heterocycles. The SMILES string of the molecule is COc1cc(CO)c(-c2cn3ccc(C4CCC5(CC4)OCCO5)cc3n2)cc1Cl. The number of nitrogens with zero attached hydrogens (tertiary/aromatic N) is 2. The van der Waals surface area contributed by atoms with Crippen LogP contribution < -0.4 is 4.74 Å². The largest absolute Gasteiger partial charge is 0.495 e. The van der Waals surface area contributed by atoms with Gasteiger partial charge in [-0.2, -0.15) is 0 Å². The van der Waals surface area contributed by atoms with Crippen molar-refractivity contribution in [3.05, 3.63) is 52.8 Å². The summed E-state index contributed by atoms with van der Waals surface area (Å²) in [6.07, 6.45) is 7.99. The first-order chi connectivity index (χ1) is 14.6. The number of hydrogen-bond donors (Lipinski definition) is 1. The van der Waals surface area contributed by atoms with Crippen LogP contribution in [0.2, 0.25) is 5.02 Å². The Labute approximate surface area is 180 Å². The molecule has 2 fully saturated rings. The van der Waals surface area contributed by atoms with Gasteiger partial charge in [0.2, 0.25) is 0 Å². The zero-order valence-electron chi connectivity index (χ0n) is 16.9. The van der Waals surface area contributed by atoms with E-state index < -0.39 is 0 Å². The molecular weight excluding hydrogens is 404 g/mol. The first kappa shape index (κ1) is 19.8. The molecule has 1 N–H and O–H groups in total. The summed E-state index contributed by atoms with van der Waals surface area (Å²) in [6, 6.07) is 7.90. The summed E-state index contributed by atoms with van der Waals surface area (Å²) < 4.78 is 19.0. The Morgan fingerprint density at radius 2 is 2.00 bits per heavy atom. The molecule has 1 aliphatic heterocycles. The molecule has 2 aromatic heterocycles. The zero-order valence-corrected chi connectivity index (χ0v) is 17.7. The lowest BCUT2D eigenvalue weighted by atomic mass is 9.81. The molecule has 1 aromatic carbocycles. The third-order valence-electron chi connectivity index (χ3n) is 6.34. The van der Waals surface area contributed by atoms with Crippen molar-refractivity contribution in [1.82, 2.24) is 9.38 Å². The summed E-state index contributed by atoms with van der Waals surface area (Å²) in [5, 5.41) is 10.3. The first-order valence-electron chi connectivity index (χ1n) is 10.3. The number of rotatable bonds is 4. The van der Waals surface area contributed by atoms with Crippen molar-refractivity contribution in [1.29, 1.82) is 0 Å². The van der Waals surface area contributed by atoms with Crippen molar-refractivity contribution in [3.63, 3.8) is 0 Å². The van der Waals surface area contributed by atoms with E-state index in [9.17, 15) is 5.11 Å². The van der Waals surface area contributed by atoms with Crippen LogP contribution in [0.4, 0.5) is 0 Å².